The monoisotopic (exact) mass is 309 g/mol. The molecule has 2 rings (SSSR count). The molecule has 0 atom stereocenters. The number of anilines is 1. The Balaban J connectivity index is 1.83. The summed E-state index contributed by atoms with van der Waals surface area (Å²) in [6.07, 6.45) is 0. The molecule has 0 aromatic heterocycles. The molecule has 0 N–H and O–H groups in total. The zero-order valence-corrected chi connectivity index (χ0v) is 12.9. The third-order valence-corrected chi connectivity index (χ3v) is 3.94. The molecule has 0 saturated carbocycles. The molecule has 1 aliphatic heterocycles. The summed E-state index contributed by atoms with van der Waals surface area (Å²) >= 11 is 5.55. The van der Waals surface area contributed by atoms with Crippen LogP contribution in [0.2, 0.25) is 0 Å². The lowest BCUT2D eigenvalue weighted by Gasteiger charge is -2.34. The second-order valence-corrected chi connectivity index (χ2v) is 5.35. The van der Waals surface area contributed by atoms with Crippen LogP contribution in [0.1, 0.15) is 0 Å². The molecule has 1 aromatic carbocycles. The van der Waals surface area contributed by atoms with Crippen LogP contribution < -0.4 is 4.90 Å². The van der Waals surface area contributed by atoms with Gasteiger partial charge in [-0.15, -0.1) is 11.6 Å². The van der Waals surface area contributed by atoms with Crippen molar-refractivity contribution in [3.63, 3.8) is 0 Å². The SMILES string of the molecule is CN(C(=O)CN1CCN(C(=O)CCl)CC1)c1ccccc1. The van der Waals surface area contributed by atoms with Crippen LogP contribution in [0.4, 0.5) is 5.69 Å². The normalized spacial score (nSPS) is 15.8. The number of benzene rings is 1. The van der Waals surface area contributed by atoms with E-state index < -0.39 is 0 Å². The van der Waals surface area contributed by atoms with E-state index in [4.69, 9.17) is 11.6 Å². The van der Waals surface area contributed by atoms with E-state index in [0.717, 1.165) is 5.69 Å². The van der Waals surface area contributed by atoms with Crippen molar-refractivity contribution in [1.82, 2.24) is 9.80 Å². The van der Waals surface area contributed by atoms with Gasteiger partial charge in [0, 0.05) is 38.9 Å². The van der Waals surface area contributed by atoms with Gasteiger partial charge in [-0.25, -0.2) is 0 Å². The van der Waals surface area contributed by atoms with Crippen molar-refractivity contribution in [3.05, 3.63) is 30.3 Å². The smallest absolute Gasteiger partial charge is 0.240 e. The number of carbonyl (C=O) groups is 2. The highest BCUT2D eigenvalue weighted by Crippen LogP contribution is 2.12. The second kappa shape index (κ2) is 7.43. The Labute approximate surface area is 130 Å². The molecule has 0 spiro atoms. The van der Waals surface area contributed by atoms with Gasteiger partial charge in [-0.1, -0.05) is 18.2 Å². The fourth-order valence-corrected chi connectivity index (χ4v) is 2.50. The Kier molecular flexibility index (Phi) is 5.59. The van der Waals surface area contributed by atoms with Gasteiger partial charge in [0.2, 0.25) is 11.8 Å². The van der Waals surface area contributed by atoms with Crippen molar-refractivity contribution in [2.24, 2.45) is 0 Å². The van der Waals surface area contributed by atoms with E-state index in [1.54, 1.807) is 16.8 Å². The topological polar surface area (TPSA) is 43.9 Å². The standard InChI is InChI=1S/C15H20ClN3O2/c1-17(13-5-3-2-4-6-13)15(21)12-18-7-9-19(10-8-18)14(20)11-16/h2-6H,7-12H2,1H3. The summed E-state index contributed by atoms with van der Waals surface area (Å²) in [4.78, 5) is 29.2. The molecule has 5 nitrogen and oxygen atoms in total. The Bertz CT molecular complexity index is 487. The minimum Gasteiger partial charge on any atom is -0.339 e. The van der Waals surface area contributed by atoms with E-state index in [2.05, 4.69) is 4.90 Å². The van der Waals surface area contributed by atoms with Gasteiger partial charge >= 0.3 is 0 Å². The van der Waals surface area contributed by atoms with Gasteiger partial charge in [0.1, 0.15) is 5.88 Å². The van der Waals surface area contributed by atoms with Crippen LogP contribution in [0.5, 0.6) is 0 Å². The van der Waals surface area contributed by atoms with Crippen LogP contribution in [0, 0.1) is 0 Å². The first-order valence-electron chi connectivity index (χ1n) is 6.99. The minimum atomic E-state index is -0.0379. The predicted octanol–water partition coefficient (Wildman–Crippen LogP) is 1.03. The maximum absolute atomic E-state index is 12.3. The summed E-state index contributed by atoms with van der Waals surface area (Å²) in [6, 6.07) is 9.57. The fraction of sp³-hybridized carbons (Fsp3) is 0.467. The molecule has 0 unspecified atom stereocenters. The summed E-state index contributed by atoms with van der Waals surface area (Å²) in [7, 11) is 1.78. The van der Waals surface area contributed by atoms with E-state index in [0.29, 0.717) is 32.7 Å². The van der Waals surface area contributed by atoms with Gasteiger partial charge < -0.3 is 9.80 Å². The molecular formula is C15H20ClN3O2. The van der Waals surface area contributed by atoms with E-state index in [1.165, 1.54) is 0 Å². The highest BCUT2D eigenvalue weighted by Gasteiger charge is 2.23. The maximum atomic E-state index is 12.3. The van der Waals surface area contributed by atoms with E-state index in [-0.39, 0.29) is 17.7 Å². The van der Waals surface area contributed by atoms with Crippen LogP contribution in [0.3, 0.4) is 0 Å². The zero-order chi connectivity index (χ0) is 15.2. The summed E-state index contributed by atoms with van der Waals surface area (Å²) in [5.74, 6) is 0.0396. The molecule has 6 heteroatoms. The number of para-hydroxylation sites is 1. The number of hydrogen-bond acceptors (Lipinski definition) is 3. The van der Waals surface area contributed by atoms with E-state index >= 15 is 0 Å². The van der Waals surface area contributed by atoms with E-state index in [1.807, 2.05) is 30.3 Å². The molecular weight excluding hydrogens is 290 g/mol. The van der Waals surface area contributed by atoms with Crippen LogP contribution in [0.15, 0.2) is 30.3 Å². The van der Waals surface area contributed by atoms with Crippen LogP contribution in [-0.2, 0) is 9.59 Å². The van der Waals surface area contributed by atoms with Crippen molar-refractivity contribution >= 4 is 29.1 Å². The average molecular weight is 310 g/mol. The van der Waals surface area contributed by atoms with Gasteiger partial charge in [0.15, 0.2) is 0 Å². The zero-order valence-electron chi connectivity index (χ0n) is 12.2. The molecule has 21 heavy (non-hydrogen) atoms. The average Bonchev–Trinajstić information content (AvgIpc) is 2.55. The molecule has 0 aliphatic carbocycles. The number of rotatable bonds is 4. The van der Waals surface area contributed by atoms with Crippen molar-refractivity contribution in [1.29, 1.82) is 0 Å². The second-order valence-electron chi connectivity index (χ2n) is 5.08. The largest absolute Gasteiger partial charge is 0.339 e. The molecule has 0 radical (unpaired) electrons. The lowest BCUT2D eigenvalue weighted by atomic mass is 10.2. The van der Waals surface area contributed by atoms with Crippen LogP contribution in [-0.4, -0.2) is 67.3 Å². The third-order valence-electron chi connectivity index (χ3n) is 3.72. The lowest BCUT2D eigenvalue weighted by Crippen LogP contribution is -2.51. The Morgan fingerprint density at radius 1 is 1.14 bits per heavy atom. The Morgan fingerprint density at radius 3 is 2.33 bits per heavy atom. The Hall–Kier alpha value is -1.59. The van der Waals surface area contributed by atoms with Crippen molar-refractivity contribution in [2.45, 2.75) is 0 Å². The molecule has 1 aromatic rings. The van der Waals surface area contributed by atoms with Gasteiger partial charge in [-0.05, 0) is 12.1 Å². The molecule has 1 fully saturated rings. The highest BCUT2D eigenvalue weighted by atomic mass is 35.5. The van der Waals surface area contributed by atoms with Crippen LogP contribution in [0.25, 0.3) is 0 Å². The fourth-order valence-electron chi connectivity index (χ4n) is 2.33. The highest BCUT2D eigenvalue weighted by molar-refractivity contribution is 6.27. The van der Waals surface area contributed by atoms with Gasteiger partial charge in [0.05, 0.1) is 6.54 Å². The van der Waals surface area contributed by atoms with Crippen molar-refractivity contribution in [3.8, 4) is 0 Å². The van der Waals surface area contributed by atoms with E-state index in [9.17, 15) is 9.59 Å². The molecule has 114 valence electrons. The number of halogens is 1. The lowest BCUT2D eigenvalue weighted by molar-refractivity contribution is -0.130. The van der Waals surface area contributed by atoms with Gasteiger partial charge in [-0.3, -0.25) is 14.5 Å². The van der Waals surface area contributed by atoms with Crippen LogP contribution >= 0.6 is 11.6 Å². The summed E-state index contributed by atoms with van der Waals surface area (Å²) < 4.78 is 0. The third kappa shape index (κ3) is 4.19. The molecule has 2 amide bonds. The number of hydrogen-bond donors (Lipinski definition) is 0. The summed E-state index contributed by atoms with van der Waals surface area (Å²) in [6.45, 7) is 3.05. The Morgan fingerprint density at radius 2 is 1.76 bits per heavy atom. The molecule has 1 saturated heterocycles. The van der Waals surface area contributed by atoms with Crippen molar-refractivity contribution in [2.75, 3.05) is 50.6 Å². The summed E-state index contributed by atoms with van der Waals surface area (Å²) in [5, 5.41) is 0. The number of likely N-dealkylation sites (N-methyl/N-ethyl adjacent to an activating group) is 1. The van der Waals surface area contributed by atoms with Crippen molar-refractivity contribution < 1.29 is 9.59 Å². The molecule has 1 heterocycles. The molecule has 0 bridgehead atoms. The number of carbonyl (C=O) groups excluding carboxylic acids is 2. The van der Waals surface area contributed by atoms with Gasteiger partial charge in [-0.2, -0.15) is 0 Å². The number of alkyl halides is 1. The predicted molar refractivity (Wildman–Crippen MR) is 83.6 cm³/mol. The first-order chi connectivity index (χ1) is 10.1. The number of nitrogens with zero attached hydrogens (tertiary/aromatic N) is 3. The summed E-state index contributed by atoms with van der Waals surface area (Å²) in [5.41, 5.74) is 0.887. The molecule has 1 aliphatic rings. The quantitative estimate of drug-likeness (QED) is 0.780. The minimum absolute atomic E-state index is 0.0235. The number of piperazine rings is 1. The maximum Gasteiger partial charge on any atom is 0.240 e. The van der Waals surface area contributed by atoms with Gasteiger partial charge in [0.25, 0.3) is 0 Å². The first kappa shape index (κ1) is 15.8. The first-order valence-corrected chi connectivity index (χ1v) is 7.53. The number of amides is 2.